The van der Waals surface area contributed by atoms with Gasteiger partial charge in [-0.1, -0.05) is 28.9 Å². The molecule has 7 heteroatoms. The molecule has 0 bridgehead atoms. The molecule has 2 fully saturated rings. The van der Waals surface area contributed by atoms with Crippen molar-refractivity contribution in [2.24, 2.45) is 0 Å². The first-order valence-electron chi connectivity index (χ1n) is 7.62. The second-order valence-corrected chi connectivity index (χ2v) is 6.00. The highest BCUT2D eigenvalue weighted by atomic mass is 16.5. The van der Waals surface area contributed by atoms with E-state index in [0.29, 0.717) is 5.82 Å². The number of imide groups is 1. The summed E-state index contributed by atoms with van der Waals surface area (Å²) in [6, 6.07) is 7.72. The van der Waals surface area contributed by atoms with Gasteiger partial charge >= 0.3 is 6.03 Å². The van der Waals surface area contributed by atoms with Crippen molar-refractivity contribution in [1.82, 2.24) is 19.9 Å². The molecule has 0 spiro atoms. The summed E-state index contributed by atoms with van der Waals surface area (Å²) in [7, 11) is 0. The number of nitrogens with zero attached hydrogens (tertiary/aromatic N) is 4. The summed E-state index contributed by atoms with van der Waals surface area (Å²) in [5, 5.41) is 3.94. The molecule has 0 atom stereocenters. The predicted molar refractivity (Wildman–Crippen MR) is 80.1 cm³/mol. The fraction of sp³-hybridized carbons (Fsp3) is 0.375. The highest BCUT2D eigenvalue weighted by Crippen LogP contribution is 2.30. The lowest BCUT2D eigenvalue weighted by Gasteiger charge is -2.14. The molecule has 2 aliphatic rings. The van der Waals surface area contributed by atoms with Crippen molar-refractivity contribution in [3.8, 4) is 11.4 Å². The van der Waals surface area contributed by atoms with Crippen molar-refractivity contribution in [3.63, 3.8) is 0 Å². The van der Waals surface area contributed by atoms with Crippen LogP contribution in [0.1, 0.15) is 24.3 Å². The van der Waals surface area contributed by atoms with Crippen LogP contribution in [0.5, 0.6) is 0 Å². The third kappa shape index (κ3) is 2.58. The zero-order valence-corrected chi connectivity index (χ0v) is 12.7. The summed E-state index contributed by atoms with van der Waals surface area (Å²) in [5.41, 5.74) is 1.94. The minimum atomic E-state index is -0.257. The number of rotatable bonds is 4. The maximum absolute atomic E-state index is 12.3. The van der Waals surface area contributed by atoms with Gasteiger partial charge in [0.2, 0.25) is 11.7 Å². The molecular formula is C16H16N4O3. The zero-order valence-electron chi connectivity index (χ0n) is 12.7. The lowest BCUT2D eigenvalue weighted by atomic mass is 10.1. The van der Waals surface area contributed by atoms with Gasteiger partial charge in [0.05, 0.1) is 0 Å². The number of hydrogen-bond donors (Lipinski definition) is 0. The van der Waals surface area contributed by atoms with E-state index in [1.165, 1.54) is 4.90 Å². The molecule has 0 N–H and O–H groups in total. The van der Waals surface area contributed by atoms with E-state index >= 15 is 0 Å². The standard InChI is InChI=1S/C16H16N4O3/c1-10-3-2-4-11(7-10)15-17-13(23-18-15)8-20-14(21)9-19(16(20)22)12-5-6-12/h2-4,7,12H,5-6,8-9H2,1H3. The molecule has 4 rings (SSSR count). The van der Waals surface area contributed by atoms with Crippen molar-refractivity contribution in [3.05, 3.63) is 35.7 Å². The largest absolute Gasteiger partial charge is 0.337 e. The normalized spacial score (nSPS) is 18.1. The van der Waals surface area contributed by atoms with Crippen LogP contribution in [-0.4, -0.2) is 44.5 Å². The SMILES string of the molecule is Cc1cccc(-c2noc(CN3C(=O)CN(C4CC4)C3=O)n2)c1. The van der Waals surface area contributed by atoms with Crippen molar-refractivity contribution in [1.29, 1.82) is 0 Å². The van der Waals surface area contributed by atoms with Gasteiger partial charge in [0.15, 0.2) is 0 Å². The molecule has 3 amide bonds. The van der Waals surface area contributed by atoms with Gasteiger partial charge in [0.25, 0.3) is 5.91 Å². The summed E-state index contributed by atoms with van der Waals surface area (Å²) in [6.45, 7) is 2.17. The maximum Gasteiger partial charge on any atom is 0.327 e. The molecule has 1 aliphatic carbocycles. The molecule has 7 nitrogen and oxygen atoms in total. The summed E-state index contributed by atoms with van der Waals surface area (Å²) >= 11 is 0. The zero-order chi connectivity index (χ0) is 16.0. The monoisotopic (exact) mass is 312 g/mol. The predicted octanol–water partition coefficient (Wildman–Crippen LogP) is 1.97. The number of carbonyl (C=O) groups is 2. The molecule has 0 unspecified atom stereocenters. The summed E-state index contributed by atoms with van der Waals surface area (Å²) in [4.78, 5) is 31.4. The molecule has 1 saturated carbocycles. The molecule has 0 radical (unpaired) electrons. The first-order chi connectivity index (χ1) is 11.1. The van der Waals surface area contributed by atoms with Gasteiger partial charge in [-0.05, 0) is 25.8 Å². The molecule has 23 heavy (non-hydrogen) atoms. The Labute approximate surface area is 132 Å². The molecule has 118 valence electrons. The van der Waals surface area contributed by atoms with Crippen LogP contribution in [0.3, 0.4) is 0 Å². The molecule has 2 heterocycles. The second-order valence-electron chi connectivity index (χ2n) is 6.00. The highest BCUT2D eigenvalue weighted by molar-refractivity contribution is 6.02. The van der Waals surface area contributed by atoms with E-state index in [2.05, 4.69) is 10.1 Å². The average Bonchev–Trinajstić information content (AvgIpc) is 3.20. The minimum absolute atomic E-state index is 0.0275. The Bertz CT molecular complexity index is 781. The van der Waals surface area contributed by atoms with Gasteiger partial charge < -0.3 is 9.42 Å². The summed E-state index contributed by atoms with van der Waals surface area (Å²) < 4.78 is 5.20. The Balaban J connectivity index is 1.51. The van der Waals surface area contributed by atoms with E-state index in [0.717, 1.165) is 24.0 Å². The van der Waals surface area contributed by atoms with Crippen molar-refractivity contribution < 1.29 is 14.1 Å². The number of hydrogen-bond acceptors (Lipinski definition) is 5. The molecule has 1 aromatic carbocycles. The Morgan fingerprint density at radius 1 is 1.30 bits per heavy atom. The molecule has 2 aromatic rings. The molecule has 1 aliphatic heterocycles. The van der Waals surface area contributed by atoms with Gasteiger partial charge in [-0.3, -0.25) is 9.69 Å². The second kappa shape index (κ2) is 5.19. The van der Waals surface area contributed by atoms with Crippen molar-refractivity contribution in [2.45, 2.75) is 32.4 Å². The quantitative estimate of drug-likeness (QED) is 0.806. The van der Waals surface area contributed by atoms with Gasteiger partial charge in [-0.15, -0.1) is 0 Å². The first kappa shape index (κ1) is 13.9. The lowest BCUT2D eigenvalue weighted by molar-refractivity contribution is -0.126. The fourth-order valence-corrected chi connectivity index (χ4v) is 2.74. The number of aromatic nitrogens is 2. The molecule has 1 saturated heterocycles. The fourth-order valence-electron chi connectivity index (χ4n) is 2.74. The third-order valence-electron chi connectivity index (χ3n) is 4.11. The Kier molecular flexibility index (Phi) is 3.14. The summed E-state index contributed by atoms with van der Waals surface area (Å²) in [5.74, 6) is 0.514. The lowest BCUT2D eigenvalue weighted by Crippen LogP contribution is -2.33. The van der Waals surface area contributed by atoms with E-state index in [-0.39, 0.29) is 37.0 Å². The van der Waals surface area contributed by atoms with Crippen LogP contribution in [-0.2, 0) is 11.3 Å². The number of carbonyl (C=O) groups excluding carboxylic acids is 2. The molecular weight excluding hydrogens is 296 g/mol. The Hall–Kier alpha value is -2.70. The van der Waals surface area contributed by atoms with Gasteiger partial charge in [0, 0.05) is 11.6 Å². The van der Waals surface area contributed by atoms with Gasteiger partial charge in [-0.25, -0.2) is 4.79 Å². The van der Waals surface area contributed by atoms with Crippen LogP contribution in [0, 0.1) is 6.92 Å². The number of benzene rings is 1. The van der Waals surface area contributed by atoms with Crippen LogP contribution in [0.25, 0.3) is 11.4 Å². The van der Waals surface area contributed by atoms with Crippen LogP contribution >= 0.6 is 0 Å². The van der Waals surface area contributed by atoms with E-state index in [1.807, 2.05) is 31.2 Å². The highest BCUT2D eigenvalue weighted by Gasteiger charge is 2.44. The average molecular weight is 312 g/mol. The first-order valence-corrected chi connectivity index (χ1v) is 7.62. The van der Waals surface area contributed by atoms with E-state index < -0.39 is 0 Å². The van der Waals surface area contributed by atoms with Crippen molar-refractivity contribution in [2.75, 3.05) is 6.54 Å². The van der Waals surface area contributed by atoms with E-state index in [1.54, 1.807) is 4.90 Å². The third-order valence-corrected chi connectivity index (χ3v) is 4.11. The van der Waals surface area contributed by atoms with Crippen molar-refractivity contribution >= 4 is 11.9 Å². The maximum atomic E-state index is 12.3. The Morgan fingerprint density at radius 2 is 2.13 bits per heavy atom. The topological polar surface area (TPSA) is 79.5 Å². The number of aryl methyl sites for hydroxylation is 1. The van der Waals surface area contributed by atoms with Crippen LogP contribution in [0.2, 0.25) is 0 Å². The summed E-state index contributed by atoms with van der Waals surface area (Å²) in [6.07, 6.45) is 1.95. The van der Waals surface area contributed by atoms with E-state index in [4.69, 9.17) is 4.52 Å². The smallest absolute Gasteiger partial charge is 0.327 e. The molecule has 1 aromatic heterocycles. The minimum Gasteiger partial charge on any atom is -0.337 e. The van der Waals surface area contributed by atoms with Gasteiger partial charge in [-0.2, -0.15) is 4.98 Å². The number of amides is 3. The Morgan fingerprint density at radius 3 is 2.87 bits per heavy atom. The van der Waals surface area contributed by atoms with Gasteiger partial charge in [0.1, 0.15) is 13.1 Å². The van der Waals surface area contributed by atoms with Crippen LogP contribution in [0.4, 0.5) is 4.79 Å². The number of urea groups is 1. The van der Waals surface area contributed by atoms with E-state index in [9.17, 15) is 9.59 Å². The van der Waals surface area contributed by atoms with Crippen LogP contribution in [0.15, 0.2) is 28.8 Å². The van der Waals surface area contributed by atoms with Crippen LogP contribution < -0.4 is 0 Å².